The molecule has 0 unspecified atom stereocenters. The Morgan fingerprint density at radius 1 is 1.17 bits per heavy atom. The van der Waals surface area contributed by atoms with Crippen molar-refractivity contribution in [3.63, 3.8) is 0 Å². The molecule has 122 valence electrons. The normalized spacial score (nSPS) is 11.3. The number of hydrogen-bond acceptors (Lipinski definition) is 3. The van der Waals surface area contributed by atoms with Crippen LogP contribution in [0.5, 0.6) is 0 Å². The summed E-state index contributed by atoms with van der Waals surface area (Å²) in [7, 11) is -3.55. The zero-order valence-electron chi connectivity index (χ0n) is 11.9. The molecule has 8 heteroatoms. The lowest BCUT2D eigenvalue weighted by Crippen LogP contribution is -2.17. The summed E-state index contributed by atoms with van der Waals surface area (Å²) in [6, 6.07) is 7.01. The van der Waals surface area contributed by atoms with E-state index in [4.69, 9.17) is 11.6 Å². The molecular weight excluding hydrogens is 348 g/mol. The van der Waals surface area contributed by atoms with E-state index in [2.05, 4.69) is 5.32 Å². The van der Waals surface area contributed by atoms with E-state index in [1.807, 2.05) is 0 Å². The third kappa shape index (κ3) is 4.27. The maximum Gasteiger partial charge on any atom is 0.229 e. The number of sulfone groups is 1. The van der Waals surface area contributed by atoms with Crippen LogP contribution in [0.3, 0.4) is 0 Å². The number of benzene rings is 2. The highest BCUT2D eigenvalue weighted by Gasteiger charge is 2.15. The van der Waals surface area contributed by atoms with Crippen LogP contribution in [0.1, 0.15) is 5.56 Å². The van der Waals surface area contributed by atoms with Gasteiger partial charge in [-0.1, -0.05) is 17.7 Å². The predicted molar refractivity (Wildman–Crippen MR) is 83.3 cm³/mol. The second-order valence-electron chi connectivity index (χ2n) is 4.84. The highest BCUT2D eigenvalue weighted by molar-refractivity contribution is 7.90. The van der Waals surface area contributed by atoms with Crippen LogP contribution in [0, 0.1) is 11.6 Å². The van der Waals surface area contributed by atoms with Crippen molar-refractivity contribution in [1.29, 1.82) is 0 Å². The first kappa shape index (κ1) is 17.4. The zero-order valence-corrected chi connectivity index (χ0v) is 13.5. The molecular formula is C15H12ClF2NO3S. The Hall–Kier alpha value is -1.99. The molecule has 0 saturated carbocycles. The van der Waals surface area contributed by atoms with E-state index < -0.39 is 33.8 Å². The summed E-state index contributed by atoms with van der Waals surface area (Å²) in [5.74, 6) is -2.18. The molecule has 0 spiro atoms. The number of rotatable bonds is 4. The third-order valence-electron chi connectivity index (χ3n) is 3.04. The van der Waals surface area contributed by atoms with Gasteiger partial charge in [-0.3, -0.25) is 4.79 Å². The molecule has 1 N–H and O–H groups in total. The van der Waals surface area contributed by atoms with Crippen molar-refractivity contribution < 1.29 is 22.0 Å². The van der Waals surface area contributed by atoms with E-state index in [1.54, 1.807) is 0 Å². The lowest BCUT2D eigenvalue weighted by Gasteiger charge is -2.09. The van der Waals surface area contributed by atoms with Crippen LogP contribution in [-0.4, -0.2) is 20.6 Å². The Morgan fingerprint density at radius 2 is 1.87 bits per heavy atom. The number of amides is 1. The number of hydrogen-bond donors (Lipinski definition) is 1. The van der Waals surface area contributed by atoms with Gasteiger partial charge in [-0.05, 0) is 30.3 Å². The fourth-order valence-electron chi connectivity index (χ4n) is 1.89. The second-order valence-corrected chi connectivity index (χ2v) is 7.26. The molecule has 2 rings (SSSR count). The van der Waals surface area contributed by atoms with E-state index in [9.17, 15) is 22.0 Å². The van der Waals surface area contributed by atoms with Crippen LogP contribution >= 0.6 is 11.6 Å². The first-order valence-corrected chi connectivity index (χ1v) is 8.68. The largest absolute Gasteiger partial charge is 0.323 e. The minimum atomic E-state index is -3.55. The molecule has 0 fully saturated rings. The summed E-state index contributed by atoms with van der Waals surface area (Å²) >= 11 is 5.82. The Morgan fingerprint density at radius 3 is 2.48 bits per heavy atom. The van der Waals surface area contributed by atoms with Crippen LogP contribution in [0.15, 0.2) is 41.3 Å². The SMILES string of the molecule is CS(=O)(=O)c1ccc(F)c(NC(=O)Cc2c(F)cccc2Cl)c1. The molecule has 23 heavy (non-hydrogen) atoms. The molecule has 0 atom stereocenters. The average Bonchev–Trinajstić information content (AvgIpc) is 2.44. The van der Waals surface area contributed by atoms with E-state index in [0.717, 1.165) is 30.5 Å². The van der Waals surface area contributed by atoms with Gasteiger partial charge in [0, 0.05) is 16.8 Å². The van der Waals surface area contributed by atoms with E-state index >= 15 is 0 Å². The lowest BCUT2D eigenvalue weighted by atomic mass is 10.1. The van der Waals surface area contributed by atoms with Gasteiger partial charge >= 0.3 is 0 Å². The molecule has 0 aliphatic rings. The Bertz CT molecular complexity index is 849. The number of carbonyl (C=O) groups excluding carboxylic acids is 1. The molecule has 0 aliphatic heterocycles. The van der Waals surface area contributed by atoms with Crippen LogP contribution < -0.4 is 5.32 Å². The molecule has 4 nitrogen and oxygen atoms in total. The number of carbonyl (C=O) groups is 1. The Balaban J connectivity index is 2.24. The molecule has 2 aromatic carbocycles. The first-order valence-electron chi connectivity index (χ1n) is 6.41. The second kappa shape index (κ2) is 6.64. The highest BCUT2D eigenvalue weighted by Crippen LogP contribution is 2.22. The molecule has 1 amide bonds. The monoisotopic (exact) mass is 359 g/mol. The third-order valence-corrected chi connectivity index (χ3v) is 4.50. The van der Waals surface area contributed by atoms with E-state index in [1.165, 1.54) is 12.1 Å². The summed E-state index contributed by atoms with van der Waals surface area (Å²) in [6.07, 6.45) is 0.555. The molecule has 0 heterocycles. The highest BCUT2D eigenvalue weighted by atomic mass is 35.5. The van der Waals surface area contributed by atoms with Gasteiger partial charge in [0.15, 0.2) is 9.84 Å². The molecule has 0 radical (unpaired) electrons. The van der Waals surface area contributed by atoms with Gasteiger partial charge in [0.2, 0.25) is 5.91 Å². The summed E-state index contributed by atoms with van der Waals surface area (Å²) in [4.78, 5) is 11.8. The predicted octanol–water partition coefficient (Wildman–Crippen LogP) is 3.20. The van der Waals surface area contributed by atoms with Gasteiger partial charge in [-0.25, -0.2) is 17.2 Å². The van der Waals surface area contributed by atoms with Gasteiger partial charge in [-0.2, -0.15) is 0 Å². The van der Waals surface area contributed by atoms with Crippen molar-refractivity contribution in [2.24, 2.45) is 0 Å². The van der Waals surface area contributed by atoms with Crippen molar-refractivity contribution in [3.05, 3.63) is 58.6 Å². The van der Waals surface area contributed by atoms with Crippen molar-refractivity contribution in [2.45, 2.75) is 11.3 Å². The summed E-state index contributed by atoms with van der Waals surface area (Å²) in [5, 5.41) is 2.30. The maximum atomic E-state index is 13.7. The minimum absolute atomic E-state index is 0.0219. The Kier molecular flexibility index (Phi) is 5.01. The van der Waals surface area contributed by atoms with Gasteiger partial charge in [-0.15, -0.1) is 0 Å². The summed E-state index contributed by atoms with van der Waals surface area (Å²) in [5.41, 5.74) is -0.322. The van der Waals surface area contributed by atoms with E-state index in [0.29, 0.717) is 0 Å². The molecule has 0 bridgehead atoms. The van der Waals surface area contributed by atoms with Gasteiger partial charge in [0.25, 0.3) is 0 Å². The summed E-state index contributed by atoms with van der Waals surface area (Å²) < 4.78 is 50.3. The number of halogens is 3. The quantitative estimate of drug-likeness (QED) is 0.853. The van der Waals surface area contributed by atoms with Gasteiger partial charge in [0.1, 0.15) is 11.6 Å². The standard InChI is InChI=1S/C15H12ClF2NO3S/c1-23(21,22)9-5-6-13(18)14(7-9)19-15(20)8-10-11(16)3-2-4-12(10)17/h2-7H,8H2,1H3,(H,19,20). The van der Waals surface area contributed by atoms with E-state index in [-0.39, 0.29) is 21.2 Å². The fraction of sp³-hybridized carbons (Fsp3) is 0.133. The number of nitrogens with one attached hydrogen (secondary N) is 1. The van der Waals surface area contributed by atoms with Gasteiger partial charge in [0.05, 0.1) is 17.0 Å². The minimum Gasteiger partial charge on any atom is -0.323 e. The maximum absolute atomic E-state index is 13.7. The van der Waals surface area contributed by atoms with Crippen molar-refractivity contribution in [2.75, 3.05) is 11.6 Å². The molecule has 2 aromatic rings. The Labute approximate surface area is 137 Å². The van der Waals surface area contributed by atoms with Gasteiger partial charge < -0.3 is 5.32 Å². The topological polar surface area (TPSA) is 63.2 Å². The van der Waals surface area contributed by atoms with Crippen LogP contribution in [0.25, 0.3) is 0 Å². The smallest absolute Gasteiger partial charge is 0.229 e. The molecule has 0 aromatic heterocycles. The van der Waals surface area contributed by atoms with Crippen LogP contribution in [0.2, 0.25) is 5.02 Å². The fourth-order valence-corrected chi connectivity index (χ4v) is 2.76. The van der Waals surface area contributed by atoms with Crippen LogP contribution in [0.4, 0.5) is 14.5 Å². The molecule has 0 saturated heterocycles. The van der Waals surface area contributed by atoms with Crippen LogP contribution in [-0.2, 0) is 21.1 Å². The molecule has 0 aliphatic carbocycles. The lowest BCUT2D eigenvalue weighted by molar-refractivity contribution is -0.115. The number of anilines is 1. The first-order chi connectivity index (χ1) is 10.7. The van der Waals surface area contributed by atoms with Crippen molar-refractivity contribution in [1.82, 2.24) is 0 Å². The van der Waals surface area contributed by atoms with Crippen molar-refractivity contribution >= 4 is 33.0 Å². The average molecular weight is 360 g/mol. The van der Waals surface area contributed by atoms with Crippen molar-refractivity contribution in [3.8, 4) is 0 Å². The summed E-state index contributed by atoms with van der Waals surface area (Å²) in [6.45, 7) is 0. The zero-order chi connectivity index (χ0) is 17.2.